The normalized spacial score (nSPS) is 11.9. The number of carbonyl (C=O) groups excluding carboxylic acids is 1. The minimum Gasteiger partial charge on any atom is -0.480 e. The van der Waals surface area contributed by atoms with E-state index < -0.39 is 17.9 Å². The molecule has 0 fully saturated rings. The lowest BCUT2D eigenvalue weighted by atomic mass is 10.2. The SMILES string of the molecule is C[C@H](NC(=O)c1ccc(Br)nc1)C(=O)O. The van der Waals surface area contributed by atoms with Crippen molar-refractivity contribution >= 4 is 27.8 Å². The number of hydrogen-bond acceptors (Lipinski definition) is 3. The molecule has 1 rings (SSSR count). The van der Waals surface area contributed by atoms with E-state index in [9.17, 15) is 9.59 Å². The van der Waals surface area contributed by atoms with Gasteiger partial charge in [-0.1, -0.05) is 0 Å². The van der Waals surface area contributed by atoms with Crippen LogP contribution in [0.1, 0.15) is 17.3 Å². The summed E-state index contributed by atoms with van der Waals surface area (Å²) in [4.78, 5) is 25.8. The number of carboxylic acids is 1. The molecule has 1 aromatic heterocycles. The van der Waals surface area contributed by atoms with Gasteiger partial charge in [-0.15, -0.1) is 0 Å². The minimum atomic E-state index is -1.08. The maximum atomic E-state index is 11.4. The fourth-order valence-electron chi connectivity index (χ4n) is 0.852. The second kappa shape index (κ2) is 4.88. The Bertz CT molecular complexity index is 377. The monoisotopic (exact) mass is 272 g/mol. The van der Waals surface area contributed by atoms with E-state index in [1.807, 2.05) is 0 Å². The lowest BCUT2D eigenvalue weighted by molar-refractivity contribution is -0.138. The van der Waals surface area contributed by atoms with Crippen molar-refractivity contribution in [2.75, 3.05) is 0 Å². The Kier molecular flexibility index (Phi) is 3.79. The highest BCUT2D eigenvalue weighted by atomic mass is 79.9. The van der Waals surface area contributed by atoms with Gasteiger partial charge in [0.15, 0.2) is 0 Å². The van der Waals surface area contributed by atoms with Gasteiger partial charge in [0.25, 0.3) is 5.91 Å². The zero-order valence-electron chi connectivity index (χ0n) is 7.90. The molecule has 1 atom stereocenters. The van der Waals surface area contributed by atoms with Crippen LogP contribution in [-0.2, 0) is 4.79 Å². The number of nitrogens with zero attached hydrogens (tertiary/aromatic N) is 1. The number of amides is 1. The Labute approximate surface area is 94.6 Å². The summed E-state index contributed by atoms with van der Waals surface area (Å²) >= 11 is 3.13. The van der Waals surface area contributed by atoms with Gasteiger partial charge in [0, 0.05) is 6.20 Å². The van der Waals surface area contributed by atoms with E-state index in [0.29, 0.717) is 10.2 Å². The van der Waals surface area contributed by atoms with E-state index in [1.165, 1.54) is 13.1 Å². The maximum Gasteiger partial charge on any atom is 0.325 e. The number of halogens is 1. The molecular formula is C9H9BrN2O3. The van der Waals surface area contributed by atoms with E-state index in [-0.39, 0.29) is 0 Å². The number of pyridine rings is 1. The molecule has 0 aliphatic rings. The largest absolute Gasteiger partial charge is 0.480 e. The fourth-order valence-corrected chi connectivity index (χ4v) is 1.09. The molecule has 0 aliphatic heterocycles. The van der Waals surface area contributed by atoms with Crippen molar-refractivity contribution in [1.82, 2.24) is 10.3 Å². The van der Waals surface area contributed by atoms with Gasteiger partial charge in [-0.2, -0.15) is 0 Å². The molecule has 0 aliphatic carbocycles. The van der Waals surface area contributed by atoms with Gasteiger partial charge in [0.1, 0.15) is 10.6 Å². The number of hydrogen-bond donors (Lipinski definition) is 2. The van der Waals surface area contributed by atoms with Crippen molar-refractivity contribution in [2.45, 2.75) is 13.0 Å². The summed E-state index contributed by atoms with van der Waals surface area (Å²) < 4.78 is 0.616. The van der Waals surface area contributed by atoms with Crippen molar-refractivity contribution < 1.29 is 14.7 Å². The zero-order chi connectivity index (χ0) is 11.4. The number of aromatic nitrogens is 1. The Morgan fingerprint density at radius 2 is 2.20 bits per heavy atom. The average Bonchev–Trinajstić information content (AvgIpc) is 2.18. The van der Waals surface area contributed by atoms with Gasteiger partial charge >= 0.3 is 5.97 Å². The lowest BCUT2D eigenvalue weighted by Gasteiger charge is -2.08. The molecule has 0 saturated carbocycles. The summed E-state index contributed by atoms with van der Waals surface area (Å²) in [5.74, 6) is -1.53. The summed E-state index contributed by atoms with van der Waals surface area (Å²) in [6, 6.07) is 2.25. The van der Waals surface area contributed by atoms with Gasteiger partial charge in [-0.25, -0.2) is 4.98 Å². The third-order valence-electron chi connectivity index (χ3n) is 1.71. The summed E-state index contributed by atoms with van der Waals surface area (Å²) in [6.07, 6.45) is 1.37. The predicted octanol–water partition coefficient (Wildman–Crippen LogP) is 1.05. The van der Waals surface area contributed by atoms with Crippen LogP contribution in [0.15, 0.2) is 22.9 Å². The van der Waals surface area contributed by atoms with Crippen LogP contribution in [-0.4, -0.2) is 28.0 Å². The molecule has 5 nitrogen and oxygen atoms in total. The Morgan fingerprint density at radius 3 is 2.67 bits per heavy atom. The first-order valence-corrected chi connectivity index (χ1v) is 4.95. The van der Waals surface area contributed by atoms with Crippen LogP contribution in [0, 0.1) is 0 Å². The lowest BCUT2D eigenvalue weighted by Crippen LogP contribution is -2.38. The Balaban J connectivity index is 2.69. The van der Waals surface area contributed by atoms with Gasteiger partial charge in [0.05, 0.1) is 5.56 Å². The summed E-state index contributed by atoms with van der Waals surface area (Å²) in [6.45, 7) is 1.40. The first-order chi connectivity index (χ1) is 7.00. The van der Waals surface area contributed by atoms with Gasteiger partial charge in [-0.05, 0) is 35.0 Å². The van der Waals surface area contributed by atoms with Crippen LogP contribution in [0.4, 0.5) is 0 Å². The highest BCUT2D eigenvalue weighted by molar-refractivity contribution is 9.10. The van der Waals surface area contributed by atoms with Crippen LogP contribution in [0.2, 0.25) is 0 Å². The van der Waals surface area contributed by atoms with E-state index in [1.54, 1.807) is 12.1 Å². The van der Waals surface area contributed by atoms with Crippen LogP contribution in [0.25, 0.3) is 0 Å². The Hall–Kier alpha value is -1.43. The number of aliphatic carboxylic acids is 1. The molecule has 6 heteroatoms. The highest BCUT2D eigenvalue weighted by Gasteiger charge is 2.15. The molecule has 1 aromatic rings. The predicted molar refractivity (Wildman–Crippen MR) is 56.5 cm³/mol. The highest BCUT2D eigenvalue weighted by Crippen LogP contribution is 2.06. The van der Waals surface area contributed by atoms with E-state index in [4.69, 9.17) is 5.11 Å². The smallest absolute Gasteiger partial charge is 0.325 e. The van der Waals surface area contributed by atoms with Gasteiger partial charge < -0.3 is 10.4 Å². The molecule has 0 radical (unpaired) electrons. The molecule has 0 spiro atoms. The van der Waals surface area contributed by atoms with Crippen molar-refractivity contribution in [3.63, 3.8) is 0 Å². The third-order valence-corrected chi connectivity index (χ3v) is 2.18. The van der Waals surface area contributed by atoms with Crippen molar-refractivity contribution in [3.05, 3.63) is 28.5 Å². The van der Waals surface area contributed by atoms with Crippen molar-refractivity contribution in [2.24, 2.45) is 0 Å². The molecule has 0 unspecified atom stereocenters. The number of rotatable bonds is 3. The fraction of sp³-hybridized carbons (Fsp3) is 0.222. The van der Waals surface area contributed by atoms with E-state index in [2.05, 4.69) is 26.2 Å². The number of nitrogens with one attached hydrogen (secondary N) is 1. The number of carbonyl (C=O) groups is 2. The summed E-state index contributed by atoms with van der Waals surface area (Å²) in [7, 11) is 0. The van der Waals surface area contributed by atoms with Crippen LogP contribution < -0.4 is 5.32 Å². The molecule has 0 aromatic carbocycles. The minimum absolute atomic E-state index is 0.325. The third kappa shape index (κ3) is 3.32. The first kappa shape index (κ1) is 11.6. The first-order valence-electron chi connectivity index (χ1n) is 4.16. The Morgan fingerprint density at radius 1 is 1.53 bits per heavy atom. The van der Waals surface area contributed by atoms with E-state index in [0.717, 1.165) is 0 Å². The van der Waals surface area contributed by atoms with Crippen molar-refractivity contribution in [3.8, 4) is 0 Å². The van der Waals surface area contributed by atoms with Crippen LogP contribution >= 0.6 is 15.9 Å². The van der Waals surface area contributed by atoms with Crippen LogP contribution in [0.5, 0.6) is 0 Å². The molecule has 0 saturated heterocycles. The maximum absolute atomic E-state index is 11.4. The van der Waals surface area contributed by atoms with Crippen molar-refractivity contribution in [1.29, 1.82) is 0 Å². The average molecular weight is 273 g/mol. The molecule has 80 valence electrons. The zero-order valence-corrected chi connectivity index (χ0v) is 9.48. The van der Waals surface area contributed by atoms with E-state index >= 15 is 0 Å². The molecule has 1 heterocycles. The molecule has 0 bridgehead atoms. The van der Waals surface area contributed by atoms with Crippen LogP contribution in [0.3, 0.4) is 0 Å². The quantitative estimate of drug-likeness (QED) is 0.807. The van der Waals surface area contributed by atoms with Gasteiger partial charge in [-0.3, -0.25) is 9.59 Å². The molecule has 15 heavy (non-hydrogen) atoms. The van der Waals surface area contributed by atoms with Gasteiger partial charge in [0.2, 0.25) is 0 Å². The summed E-state index contributed by atoms with van der Waals surface area (Å²) in [5, 5.41) is 10.9. The summed E-state index contributed by atoms with van der Waals surface area (Å²) in [5.41, 5.74) is 0.325. The number of carboxylic acid groups (broad SMARTS) is 1. The second-order valence-electron chi connectivity index (χ2n) is 2.90. The molecule has 2 N–H and O–H groups in total. The topological polar surface area (TPSA) is 79.3 Å². The molecule has 1 amide bonds. The standard InChI is InChI=1S/C9H9BrN2O3/c1-5(9(14)15)12-8(13)6-2-3-7(10)11-4-6/h2-5H,1H3,(H,12,13)(H,14,15)/t5-/m0/s1. The second-order valence-corrected chi connectivity index (χ2v) is 3.72. The molecular weight excluding hydrogens is 264 g/mol.